The molecule has 1 fully saturated rings. The van der Waals surface area contributed by atoms with Crippen LogP contribution in [-0.2, 0) is 19.1 Å². The van der Waals surface area contributed by atoms with E-state index in [9.17, 15) is 40.2 Å². The van der Waals surface area contributed by atoms with E-state index in [2.05, 4.69) is 24.5 Å². The summed E-state index contributed by atoms with van der Waals surface area (Å²) in [6, 6.07) is -1.02. The minimum atomic E-state index is -1.62. The third kappa shape index (κ3) is 30.4. The van der Waals surface area contributed by atoms with Gasteiger partial charge in [0.2, 0.25) is 11.8 Å². The topological polar surface area (TPSA) is 198 Å². The molecule has 0 radical (unpaired) electrons. The van der Waals surface area contributed by atoms with Crippen LogP contribution in [0.1, 0.15) is 232 Å². The van der Waals surface area contributed by atoms with Gasteiger partial charge in [0, 0.05) is 19.4 Å². The van der Waals surface area contributed by atoms with Gasteiger partial charge in [0.05, 0.1) is 25.4 Å². The van der Waals surface area contributed by atoms with Crippen LogP contribution in [-0.4, -0.2) is 111 Å². The van der Waals surface area contributed by atoms with Gasteiger partial charge in [-0.2, -0.15) is 0 Å². The SMILES string of the molecule is CCCCCCCCCCCCCCC(=O)NCCCCCCCCCC(=O)N[C@@H](CO[C@H]1OC(CO)[C@H](O)[C@H](O)C1O)[C@H](O)[C@H](O)CCCCCCCCCCCCCC. The number of aliphatic hydroxyl groups is 6. The molecule has 1 saturated heterocycles. The van der Waals surface area contributed by atoms with Gasteiger partial charge in [0.25, 0.3) is 0 Å². The zero-order chi connectivity index (χ0) is 44.8. The van der Waals surface area contributed by atoms with Crippen LogP contribution in [0, 0.1) is 0 Å². The lowest BCUT2D eigenvalue weighted by Gasteiger charge is -2.40. The third-order valence-corrected chi connectivity index (χ3v) is 12.5. The first-order chi connectivity index (χ1) is 29.7. The predicted octanol–water partition coefficient (Wildman–Crippen LogP) is 8.43. The molecule has 0 aromatic carbocycles. The first-order valence-corrected chi connectivity index (χ1v) is 25.5. The molecule has 12 nitrogen and oxygen atoms in total. The fourth-order valence-corrected chi connectivity index (χ4v) is 8.28. The number of nitrogens with one attached hydrogen (secondary N) is 2. The van der Waals surface area contributed by atoms with Gasteiger partial charge < -0.3 is 50.7 Å². The van der Waals surface area contributed by atoms with Crippen LogP contribution in [0.3, 0.4) is 0 Å². The lowest BCUT2D eigenvalue weighted by molar-refractivity contribution is -0.303. The van der Waals surface area contributed by atoms with Gasteiger partial charge in [-0.15, -0.1) is 0 Å². The van der Waals surface area contributed by atoms with Crippen LogP contribution in [0.5, 0.6) is 0 Å². The summed E-state index contributed by atoms with van der Waals surface area (Å²) in [5.41, 5.74) is 0. The van der Waals surface area contributed by atoms with Crippen molar-refractivity contribution >= 4 is 11.8 Å². The minimum Gasteiger partial charge on any atom is -0.394 e. The summed E-state index contributed by atoms with van der Waals surface area (Å²) in [6.45, 7) is 4.28. The Hall–Kier alpha value is -1.38. The first-order valence-electron chi connectivity index (χ1n) is 25.5. The van der Waals surface area contributed by atoms with Crippen LogP contribution in [0.25, 0.3) is 0 Å². The summed E-state index contributed by atoms with van der Waals surface area (Å²) < 4.78 is 11.1. The molecule has 0 saturated carbocycles. The van der Waals surface area contributed by atoms with Crippen LogP contribution >= 0.6 is 0 Å². The molecular weight excluding hydrogens is 777 g/mol. The second-order valence-corrected chi connectivity index (χ2v) is 18.2. The zero-order valence-electron chi connectivity index (χ0n) is 39.1. The largest absolute Gasteiger partial charge is 0.394 e. The van der Waals surface area contributed by atoms with Crippen molar-refractivity contribution in [1.82, 2.24) is 10.6 Å². The van der Waals surface area contributed by atoms with Crippen molar-refractivity contribution in [1.29, 1.82) is 0 Å². The number of ether oxygens (including phenoxy) is 2. The summed E-state index contributed by atoms with van der Waals surface area (Å²) in [5, 5.41) is 68.3. The van der Waals surface area contributed by atoms with E-state index in [0.717, 1.165) is 83.6 Å². The van der Waals surface area contributed by atoms with Gasteiger partial charge in [-0.05, 0) is 25.7 Å². The molecule has 8 N–H and O–H groups in total. The molecule has 1 aliphatic heterocycles. The lowest BCUT2D eigenvalue weighted by atomic mass is 9.98. The number of aliphatic hydroxyl groups excluding tert-OH is 6. The molecular formula is C49H96N2O10. The van der Waals surface area contributed by atoms with E-state index >= 15 is 0 Å². The number of hydrogen-bond acceptors (Lipinski definition) is 10. The van der Waals surface area contributed by atoms with Crippen LogP contribution < -0.4 is 10.6 Å². The lowest BCUT2D eigenvalue weighted by Crippen LogP contribution is -2.60. The molecule has 0 bridgehead atoms. The van der Waals surface area contributed by atoms with Crippen molar-refractivity contribution in [2.24, 2.45) is 0 Å². The molecule has 1 aliphatic rings. The van der Waals surface area contributed by atoms with E-state index in [-0.39, 0.29) is 24.8 Å². The molecule has 1 heterocycles. The average molecular weight is 873 g/mol. The van der Waals surface area contributed by atoms with Gasteiger partial charge in [-0.3, -0.25) is 9.59 Å². The highest BCUT2D eigenvalue weighted by Gasteiger charge is 2.44. The van der Waals surface area contributed by atoms with Gasteiger partial charge in [-0.25, -0.2) is 0 Å². The number of unbranched alkanes of at least 4 members (excludes halogenated alkanes) is 28. The molecule has 362 valence electrons. The molecule has 0 aliphatic carbocycles. The normalized spacial score (nSPS) is 20.7. The highest BCUT2D eigenvalue weighted by molar-refractivity contribution is 5.76. The summed E-state index contributed by atoms with van der Waals surface area (Å²) >= 11 is 0. The van der Waals surface area contributed by atoms with Crippen LogP contribution in [0.15, 0.2) is 0 Å². The van der Waals surface area contributed by atoms with Gasteiger partial charge >= 0.3 is 0 Å². The summed E-state index contributed by atoms with van der Waals surface area (Å²) in [6.07, 6.45) is 27.7. The molecule has 1 rings (SSSR count). The van der Waals surface area contributed by atoms with Crippen molar-refractivity contribution < 1.29 is 49.7 Å². The standard InChI is InChI=1S/C49H96N2O10/c1-3-5-7-9-11-13-15-17-19-22-26-30-34-41(53)45(56)40(39-60-49-48(59)47(58)46(57)42(38-52)61-49)51-44(55)36-32-28-24-21-25-29-33-37-50-43(54)35-31-27-23-20-18-16-14-12-10-8-6-4-2/h40-42,45-49,52-53,56-59H,3-39H2,1-2H3,(H,50,54)(H,51,55)/t40-,41+,42?,45-,46-,47-,48?,49-/m0/s1. The Bertz CT molecular complexity index is 1010. The molecule has 2 amide bonds. The van der Waals surface area contributed by atoms with E-state index in [1.165, 1.54) is 116 Å². The molecule has 12 heteroatoms. The second kappa shape index (κ2) is 40.2. The molecule has 61 heavy (non-hydrogen) atoms. The van der Waals surface area contributed by atoms with E-state index in [0.29, 0.717) is 19.3 Å². The molecule has 2 unspecified atom stereocenters. The van der Waals surface area contributed by atoms with Crippen molar-refractivity contribution in [2.75, 3.05) is 19.8 Å². The van der Waals surface area contributed by atoms with Crippen molar-refractivity contribution in [2.45, 2.75) is 281 Å². The Morgan fingerprint density at radius 2 is 0.951 bits per heavy atom. The maximum absolute atomic E-state index is 13.0. The average Bonchev–Trinajstić information content (AvgIpc) is 3.25. The maximum Gasteiger partial charge on any atom is 0.220 e. The highest BCUT2D eigenvalue weighted by atomic mass is 16.7. The number of hydrogen-bond donors (Lipinski definition) is 8. The first kappa shape index (κ1) is 57.6. The quantitative estimate of drug-likeness (QED) is 0.0275. The van der Waals surface area contributed by atoms with Gasteiger partial charge in [-0.1, -0.05) is 194 Å². The van der Waals surface area contributed by atoms with Gasteiger partial charge in [0.1, 0.15) is 30.5 Å². The van der Waals surface area contributed by atoms with E-state index < -0.39 is 55.6 Å². The Kier molecular flexibility index (Phi) is 37.9. The molecule has 0 aromatic heterocycles. The smallest absolute Gasteiger partial charge is 0.220 e. The Morgan fingerprint density at radius 1 is 0.541 bits per heavy atom. The molecule has 0 spiro atoms. The molecule has 0 aromatic rings. The Balaban J connectivity index is 2.30. The van der Waals surface area contributed by atoms with Crippen molar-refractivity contribution in [3.63, 3.8) is 0 Å². The van der Waals surface area contributed by atoms with E-state index in [1.807, 2.05) is 0 Å². The number of amides is 2. The fourth-order valence-electron chi connectivity index (χ4n) is 8.28. The fraction of sp³-hybridized carbons (Fsp3) is 0.959. The van der Waals surface area contributed by atoms with Crippen molar-refractivity contribution in [3.05, 3.63) is 0 Å². The van der Waals surface area contributed by atoms with E-state index in [4.69, 9.17) is 9.47 Å². The summed E-state index contributed by atoms with van der Waals surface area (Å²) in [5.74, 6) is -0.132. The highest BCUT2D eigenvalue weighted by Crippen LogP contribution is 2.23. The number of carbonyl (C=O) groups excluding carboxylic acids is 2. The zero-order valence-corrected chi connectivity index (χ0v) is 39.1. The third-order valence-electron chi connectivity index (χ3n) is 12.5. The van der Waals surface area contributed by atoms with Crippen molar-refractivity contribution in [3.8, 4) is 0 Å². The second-order valence-electron chi connectivity index (χ2n) is 18.2. The number of carbonyl (C=O) groups is 2. The van der Waals surface area contributed by atoms with Gasteiger partial charge in [0.15, 0.2) is 6.29 Å². The van der Waals surface area contributed by atoms with Crippen LogP contribution in [0.4, 0.5) is 0 Å². The maximum atomic E-state index is 13.0. The minimum absolute atomic E-state index is 0.162. The Labute approximate surface area is 372 Å². The number of rotatable bonds is 43. The predicted molar refractivity (Wildman–Crippen MR) is 245 cm³/mol. The molecule has 8 atom stereocenters. The van der Waals surface area contributed by atoms with E-state index in [1.54, 1.807) is 0 Å². The summed E-state index contributed by atoms with van der Waals surface area (Å²) in [7, 11) is 0. The van der Waals surface area contributed by atoms with Crippen LogP contribution in [0.2, 0.25) is 0 Å². The Morgan fingerprint density at radius 3 is 1.41 bits per heavy atom. The monoisotopic (exact) mass is 873 g/mol. The summed E-state index contributed by atoms with van der Waals surface area (Å²) in [4.78, 5) is 25.2.